The maximum Gasteiger partial charge on any atom is 0.171 e. The Morgan fingerprint density at radius 1 is 1.03 bits per heavy atom. The first-order chi connectivity index (χ1) is 17.0. The van der Waals surface area contributed by atoms with E-state index in [9.17, 15) is 10.2 Å². The number of aliphatic hydroxyl groups is 2. The maximum atomic E-state index is 12.2. The molecule has 5 aliphatic rings. The highest BCUT2D eigenvalue weighted by Gasteiger charge is 2.65. The Hall–Kier alpha value is -0.905. The van der Waals surface area contributed by atoms with Gasteiger partial charge in [-0.1, -0.05) is 24.6 Å². The van der Waals surface area contributed by atoms with E-state index in [1.165, 1.54) is 22.4 Å². The van der Waals surface area contributed by atoms with Crippen LogP contribution in [0.25, 0.3) is 0 Å². The molecule has 4 fully saturated rings. The molecular formula is C29H43BNO4P. The number of rotatable bonds is 3. The molecule has 0 radical (unpaired) electrons. The molecule has 1 aliphatic heterocycles. The van der Waals surface area contributed by atoms with Gasteiger partial charge in [-0.3, -0.25) is 0 Å². The van der Waals surface area contributed by atoms with Crippen LogP contribution in [0.5, 0.6) is 0 Å². The average molecular weight is 511 g/mol. The number of ether oxygens (including phenoxy) is 2. The lowest BCUT2D eigenvalue weighted by Gasteiger charge is -2.58. The molecule has 1 aromatic rings. The zero-order chi connectivity index (χ0) is 25.5. The Morgan fingerprint density at radius 3 is 2.36 bits per heavy atom. The smallest absolute Gasteiger partial charge is 0.171 e. The molecule has 196 valence electrons. The lowest BCUT2D eigenvalue weighted by atomic mass is 9.51. The van der Waals surface area contributed by atoms with E-state index in [1.807, 2.05) is 0 Å². The van der Waals surface area contributed by atoms with E-state index >= 15 is 0 Å². The van der Waals surface area contributed by atoms with Crippen LogP contribution in [0.4, 0.5) is 5.69 Å². The molecule has 1 heterocycles. The fourth-order valence-electron chi connectivity index (χ4n) is 9.03. The predicted molar refractivity (Wildman–Crippen MR) is 148 cm³/mol. The molecule has 4 aliphatic carbocycles. The van der Waals surface area contributed by atoms with Crippen LogP contribution in [-0.4, -0.2) is 68.5 Å². The Kier molecular flexibility index (Phi) is 6.03. The summed E-state index contributed by atoms with van der Waals surface area (Å²) in [5.41, 5.74) is 4.35. The van der Waals surface area contributed by atoms with Gasteiger partial charge in [0.1, 0.15) is 7.57 Å². The van der Waals surface area contributed by atoms with E-state index in [0.29, 0.717) is 31.5 Å². The molecule has 2 N–H and O–H groups in total. The van der Waals surface area contributed by atoms with Crippen molar-refractivity contribution in [1.82, 2.24) is 0 Å². The van der Waals surface area contributed by atoms with Crippen molar-refractivity contribution in [3.63, 3.8) is 0 Å². The van der Waals surface area contributed by atoms with Crippen LogP contribution in [0.3, 0.4) is 0 Å². The van der Waals surface area contributed by atoms with Crippen LogP contribution in [0.2, 0.25) is 0 Å². The lowest BCUT2D eigenvalue weighted by molar-refractivity contribution is -0.208. The van der Waals surface area contributed by atoms with E-state index in [4.69, 9.17) is 9.47 Å². The molecule has 5 nitrogen and oxygen atoms in total. The highest BCUT2D eigenvalue weighted by Crippen LogP contribution is 2.72. The van der Waals surface area contributed by atoms with Crippen molar-refractivity contribution < 1.29 is 19.7 Å². The van der Waals surface area contributed by atoms with Crippen molar-refractivity contribution >= 4 is 21.1 Å². The van der Waals surface area contributed by atoms with E-state index in [-0.39, 0.29) is 11.3 Å². The van der Waals surface area contributed by atoms with Crippen LogP contribution < -0.4 is 4.90 Å². The van der Waals surface area contributed by atoms with Crippen molar-refractivity contribution in [3.05, 3.63) is 41.0 Å². The molecule has 1 saturated heterocycles. The lowest BCUT2D eigenvalue weighted by Crippen LogP contribution is -2.55. The number of hydrogen-bond acceptors (Lipinski definition) is 5. The fourth-order valence-corrected chi connectivity index (χ4v) is 10.9. The predicted octanol–water partition coefficient (Wildman–Crippen LogP) is 4.37. The van der Waals surface area contributed by atoms with Gasteiger partial charge in [0.05, 0.1) is 24.2 Å². The van der Waals surface area contributed by atoms with Crippen molar-refractivity contribution in [2.75, 3.05) is 38.9 Å². The summed E-state index contributed by atoms with van der Waals surface area (Å²) in [6, 6.07) is 9.04. The summed E-state index contributed by atoms with van der Waals surface area (Å²) in [4.78, 5) is 2.14. The normalized spacial score (nSPS) is 42.1. The number of benzene rings is 1. The molecule has 7 atom stereocenters. The van der Waals surface area contributed by atoms with Crippen molar-refractivity contribution in [3.8, 4) is 0 Å². The summed E-state index contributed by atoms with van der Waals surface area (Å²) < 4.78 is 12.2. The summed E-state index contributed by atoms with van der Waals surface area (Å²) >= 11 is 0. The number of fused-ring (bicyclic) bond motifs is 4. The van der Waals surface area contributed by atoms with Crippen molar-refractivity contribution in [2.45, 2.75) is 80.9 Å². The number of anilines is 1. The highest BCUT2D eigenvalue weighted by atomic mass is 31.1. The van der Waals surface area contributed by atoms with E-state index in [1.54, 1.807) is 0 Å². The van der Waals surface area contributed by atoms with E-state index < -0.39 is 24.5 Å². The minimum Gasteiger partial charge on any atom is -0.386 e. The third-order valence-corrected chi connectivity index (χ3v) is 13.1. The van der Waals surface area contributed by atoms with Gasteiger partial charge >= 0.3 is 0 Å². The Balaban J connectivity index is 1.48. The minimum absolute atomic E-state index is 0.106. The average Bonchev–Trinajstić information content (AvgIpc) is 3.40. The van der Waals surface area contributed by atoms with Gasteiger partial charge in [0, 0.05) is 44.0 Å². The number of hydrogen-bond donors (Lipinski definition) is 2. The van der Waals surface area contributed by atoms with Crippen LogP contribution >= 0.6 is 7.80 Å². The van der Waals surface area contributed by atoms with Gasteiger partial charge in [-0.25, -0.2) is 0 Å². The second kappa shape index (κ2) is 8.55. The van der Waals surface area contributed by atoms with Gasteiger partial charge in [0.25, 0.3) is 0 Å². The molecular weight excluding hydrogens is 468 g/mol. The van der Waals surface area contributed by atoms with E-state index in [2.05, 4.69) is 64.4 Å². The van der Waals surface area contributed by atoms with Crippen LogP contribution in [0.1, 0.15) is 69.8 Å². The molecule has 1 spiro atoms. The Labute approximate surface area is 218 Å². The number of nitrogens with zero attached hydrogens (tertiary/aromatic N) is 1. The molecule has 6 rings (SSSR count). The largest absolute Gasteiger partial charge is 0.386 e. The van der Waals surface area contributed by atoms with Crippen molar-refractivity contribution in [1.29, 1.82) is 0 Å². The first-order valence-corrected chi connectivity index (χ1v) is 16.2. The third-order valence-electron chi connectivity index (χ3n) is 10.9. The summed E-state index contributed by atoms with van der Waals surface area (Å²) in [6.07, 6.45) is 6.95. The number of allylic oxidation sites excluding steroid dienone is 1. The quantitative estimate of drug-likeness (QED) is 0.359. The van der Waals surface area contributed by atoms with Crippen molar-refractivity contribution in [2.24, 2.45) is 17.3 Å². The van der Waals surface area contributed by atoms with Crippen LogP contribution in [-0.2, 0) is 9.47 Å². The summed E-state index contributed by atoms with van der Waals surface area (Å²) in [5, 5.41) is 23.7. The summed E-state index contributed by atoms with van der Waals surface area (Å²) in [7, 11) is 5.94. The van der Waals surface area contributed by atoms with Gasteiger partial charge in [0.2, 0.25) is 0 Å². The molecule has 0 aromatic heterocycles. The topological polar surface area (TPSA) is 62.2 Å². The Morgan fingerprint density at radius 2 is 1.72 bits per heavy atom. The zero-order valence-corrected chi connectivity index (χ0v) is 23.6. The van der Waals surface area contributed by atoms with Gasteiger partial charge in [-0.15, -0.1) is 7.80 Å². The monoisotopic (exact) mass is 511 g/mol. The zero-order valence-electron chi connectivity index (χ0n) is 22.7. The van der Waals surface area contributed by atoms with Gasteiger partial charge in [0.15, 0.2) is 5.79 Å². The van der Waals surface area contributed by atoms with Gasteiger partial charge in [-0.05, 0) is 80.3 Å². The maximum absolute atomic E-state index is 12.2. The third kappa shape index (κ3) is 3.54. The fraction of sp³-hybridized carbons (Fsp3) is 0.724. The molecule has 7 heteroatoms. The van der Waals surface area contributed by atoms with Gasteiger partial charge < -0.3 is 24.6 Å². The van der Waals surface area contributed by atoms with Crippen LogP contribution in [0.15, 0.2) is 35.4 Å². The molecule has 3 saturated carbocycles. The van der Waals surface area contributed by atoms with Gasteiger partial charge in [-0.2, -0.15) is 0 Å². The SMILES string of the molecule is BP(C)[C@]1(O)CC[C@H]2[C@@H]3CC[C@@]4(O)CC5(CCC4=C3[C@@H](c3ccc(N(C)C)cc3)C[C@@]21C)OCCO5. The second-order valence-corrected chi connectivity index (χ2v) is 15.4. The second-order valence-electron chi connectivity index (χ2n) is 12.9. The first-order valence-electron chi connectivity index (χ1n) is 13.9. The summed E-state index contributed by atoms with van der Waals surface area (Å²) in [6.45, 7) is 5.91. The minimum atomic E-state index is -0.846. The molecule has 1 unspecified atom stereocenters. The molecule has 36 heavy (non-hydrogen) atoms. The molecule has 0 bridgehead atoms. The first kappa shape index (κ1) is 25.4. The highest BCUT2D eigenvalue weighted by molar-refractivity contribution is 7.82. The standard InChI is InChI=1S/C29H43BNO4P/c1-26-17-22(19-5-7-20(8-6-19)31(2)3)25-21(23(26)11-14-29(26,33)36(4)30)9-12-27(32)18-28(13-10-24(25)27)34-15-16-35-28/h5-8,21-23,32-33H,9-18,30H2,1-4H3/t21-,22+,23-,26-,27+,29+,36?/m0/s1. The van der Waals surface area contributed by atoms with Crippen LogP contribution in [0, 0.1) is 17.3 Å². The Bertz CT molecular complexity index is 1050. The molecule has 1 aromatic carbocycles. The summed E-state index contributed by atoms with van der Waals surface area (Å²) in [5.74, 6) is 0.534. The molecule has 0 amide bonds. The van der Waals surface area contributed by atoms with E-state index in [0.717, 1.165) is 44.9 Å².